The normalized spacial score (nSPS) is 12.0. The molecular weight excluding hydrogens is 294 g/mol. The lowest BCUT2D eigenvalue weighted by Crippen LogP contribution is -2.28. The topological polar surface area (TPSA) is 56.8 Å². The average molecular weight is 316 g/mol. The SMILES string of the molecule is CCO[C@@H](Cc1ccc(OCCNC)c(Cl)c1)C(=O)OC. The van der Waals surface area contributed by atoms with E-state index in [2.05, 4.69) is 5.32 Å². The molecule has 0 aromatic heterocycles. The molecule has 118 valence electrons. The molecule has 0 saturated heterocycles. The molecule has 0 spiro atoms. The van der Waals surface area contributed by atoms with Gasteiger partial charge in [-0.3, -0.25) is 0 Å². The van der Waals surface area contributed by atoms with Crippen molar-refractivity contribution in [3.05, 3.63) is 28.8 Å². The molecule has 0 fully saturated rings. The first-order valence-electron chi connectivity index (χ1n) is 6.87. The highest BCUT2D eigenvalue weighted by molar-refractivity contribution is 6.32. The van der Waals surface area contributed by atoms with Crippen LogP contribution in [0, 0.1) is 0 Å². The number of methoxy groups -OCH3 is 1. The fraction of sp³-hybridized carbons (Fsp3) is 0.533. The van der Waals surface area contributed by atoms with Crippen molar-refractivity contribution < 1.29 is 19.0 Å². The van der Waals surface area contributed by atoms with Crippen molar-refractivity contribution in [2.45, 2.75) is 19.4 Å². The maximum atomic E-state index is 11.6. The Bertz CT molecular complexity index is 453. The fourth-order valence-electron chi connectivity index (χ4n) is 1.81. The van der Waals surface area contributed by atoms with Crippen molar-refractivity contribution >= 4 is 17.6 Å². The Balaban J connectivity index is 2.70. The molecule has 6 heteroatoms. The second-order valence-corrected chi connectivity index (χ2v) is 4.80. The lowest BCUT2D eigenvalue weighted by molar-refractivity contribution is -0.153. The third-order valence-corrected chi connectivity index (χ3v) is 3.15. The zero-order valence-electron chi connectivity index (χ0n) is 12.6. The van der Waals surface area contributed by atoms with Crippen LogP contribution in [0.15, 0.2) is 18.2 Å². The first-order chi connectivity index (χ1) is 10.1. The Morgan fingerprint density at radius 2 is 2.19 bits per heavy atom. The van der Waals surface area contributed by atoms with Crippen LogP contribution in [-0.4, -0.2) is 46.0 Å². The van der Waals surface area contributed by atoms with Crippen LogP contribution in [0.25, 0.3) is 0 Å². The average Bonchev–Trinajstić information content (AvgIpc) is 2.48. The summed E-state index contributed by atoms with van der Waals surface area (Å²) in [6.07, 6.45) is -0.205. The highest BCUT2D eigenvalue weighted by Crippen LogP contribution is 2.26. The van der Waals surface area contributed by atoms with Gasteiger partial charge in [-0.25, -0.2) is 4.79 Å². The molecule has 0 unspecified atom stereocenters. The summed E-state index contributed by atoms with van der Waals surface area (Å²) >= 11 is 6.18. The minimum atomic E-state index is -0.618. The van der Waals surface area contributed by atoms with Crippen LogP contribution >= 0.6 is 11.6 Å². The van der Waals surface area contributed by atoms with Crippen molar-refractivity contribution in [1.82, 2.24) is 5.32 Å². The van der Waals surface area contributed by atoms with Gasteiger partial charge >= 0.3 is 5.97 Å². The Morgan fingerprint density at radius 3 is 2.76 bits per heavy atom. The molecule has 0 aliphatic rings. The quantitative estimate of drug-likeness (QED) is 0.558. The smallest absolute Gasteiger partial charge is 0.335 e. The van der Waals surface area contributed by atoms with Gasteiger partial charge < -0.3 is 19.5 Å². The summed E-state index contributed by atoms with van der Waals surface area (Å²) in [5.74, 6) is 0.240. The third kappa shape index (κ3) is 5.91. The van der Waals surface area contributed by atoms with E-state index in [1.165, 1.54) is 7.11 Å². The van der Waals surface area contributed by atoms with Crippen LogP contribution in [0.3, 0.4) is 0 Å². The van der Waals surface area contributed by atoms with E-state index in [-0.39, 0.29) is 5.97 Å². The molecule has 21 heavy (non-hydrogen) atoms. The molecule has 1 N–H and O–H groups in total. The van der Waals surface area contributed by atoms with E-state index < -0.39 is 6.10 Å². The Morgan fingerprint density at radius 1 is 1.43 bits per heavy atom. The van der Waals surface area contributed by atoms with E-state index in [0.717, 1.165) is 12.1 Å². The fourth-order valence-corrected chi connectivity index (χ4v) is 2.07. The number of esters is 1. The molecule has 0 heterocycles. The molecular formula is C15H22ClNO4. The van der Waals surface area contributed by atoms with Gasteiger partial charge in [-0.15, -0.1) is 0 Å². The molecule has 0 radical (unpaired) electrons. The van der Waals surface area contributed by atoms with Gasteiger partial charge in [-0.1, -0.05) is 17.7 Å². The van der Waals surface area contributed by atoms with Gasteiger partial charge in [-0.2, -0.15) is 0 Å². The van der Waals surface area contributed by atoms with Crippen molar-refractivity contribution in [3.8, 4) is 5.75 Å². The van der Waals surface area contributed by atoms with Crippen molar-refractivity contribution in [3.63, 3.8) is 0 Å². The summed E-state index contributed by atoms with van der Waals surface area (Å²) in [7, 11) is 3.20. The lowest BCUT2D eigenvalue weighted by Gasteiger charge is -2.15. The molecule has 1 aromatic rings. The van der Waals surface area contributed by atoms with Gasteiger partial charge in [0.25, 0.3) is 0 Å². The number of halogens is 1. The predicted octanol–water partition coefficient (Wildman–Crippen LogP) is 2.06. The zero-order valence-corrected chi connectivity index (χ0v) is 13.4. The number of hydrogen-bond acceptors (Lipinski definition) is 5. The first kappa shape index (κ1) is 17.8. The Kier molecular flexibility index (Phi) is 8.12. The maximum Gasteiger partial charge on any atom is 0.335 e. The standard InChI is InChI=1S/C15H22ClNO4/c1-4-20-14(15(18)19-3)10-11-5-6-13(12(16)9-11)21-8-7-17-2/h5-6,9,14,17H,4,7-8,10H2,1-3H3/t14-/m0/s1. The summed E-state index contributed by atoms with van der Waals surface area (Å²) in [4.78, 5) is 11.6. The number of carbonyl (C=O) groups excluding carboxylic acids is 1. The van der Waals surface area contributed by atoms with Crippen LogP contribution in [0.4, 0.5) is 0 Å². The van der Waals surface area contributed by atoms with Crippen LogP contribution in [0.2, 0.25) is 5.02 Å². The monoisotopic (exact) mass is 315 g/mol. The van der Waals surface area contributed by atoms with E-state index >= 15 is 0 Å². The number of carbonyl (C=O) groups is 1. The van der Waals surface area contributed by atoms with Gasteiger partial charge in [-0.05, 0) is 31.7 Å². The van der Waals surface area contributed by atoms with Crippen LogP contribution in [0.1, 0.15) is 12.5 Å². The number of ether oxygens (including phenoxy) is 3. The molecule has 0 amide bonds. The number of benzene rings is 1. The molecule has 5 nitrogen and oxygen atoms in total. The number of rotatable bonds is 9. The van der Waals surface area contributed by atoms with Gasteiger partial charge in [0, 0.05) is 19.6 Å². The van der Waals surface area contributed by atoms with E-state index in [4.69, 9.17) is 25.8 Å². The van der Waals surface area contributed by atoms with Gasteiger partial charge in [0.2, 0.25) is 0 Å². The molecule has 1 aromatic carbocycles. The summed E-state index contributed by atoms with van der Waals surface area (Å²) in [5, 5.41) is 3.51. The largest absolute Gasteiger partial charge is 0.491 e. The second-order valence-electron chi connectivity index (χ2n) is 4.39. The second kappa shape index (κ2) is 9.60. The summed E-state index contributed by atoms with van der Waals surface area (Å²) in [6.45, 7) is 3.56. The Hall–Kier alpha value is -1.30. The lowest BCUT2D eigenvalue weighted by atomic mass is 10.1. The van der Waals surface area contributed by atoms with Crippen molar-refractivity contribution in [1.29, 1.82) is 0 Å². The number of nitrogens with one attached hydrogen (secondary N) is 1. The minimum absolute atomic E-state index is 0.387. The molecule has 0 bridgehead atoms. The summed E-state index contributed by atoms with van der Waals surface area (Å²) in [5.41, 5.74) is 0.893. The molecule has 0 aliphatic heterocycles. The summed E-state index contributed by atoms with van der Waals surface area (Å²) in [6, 6.07) is 5.45. The van der Waals surface area contributed by atoms with E-state index in [1.807, 2.05) is 20.0 Å². The third-order valence-electron chi connectivity index (χ3n) is 2.86. The summed E-state index contributed by atoms with van der Waals surface area (Å²) < 4.78 is 15.7. The number of hydrogen-bond donors (Lipinski definition) is 1. The molecule has 1 atom stereocenters. The van der Waals surface area contributed by atoms with Crippen molar-refractivity contribution in [2.24, 2.45) is 0 Å². The molecule has 0 saturated carbocycles. The first-order valence-corrected chi connectivity index (χ1v) is 7.25. The highest BCUT2D eigenvalue weighted by Gasteiger charge is 2.20. The van der Waals surface area contributed by atoms with E-state index in [1.54, 1.807) is 12.1 Å². The zero-order chi connectivity index (χ0) is 15.7. The predicted molar refractivity (Wildman–Crippen MR) is 82.0 cm³/mol. The van der Waals surface area contributed by atoms with Crippen molar-refractivity contribution in [2.75, 3.05) is 33.9 Å². The van der Waals surface area contributed by atoms with Gasteiger partial charge in [0.05, 0.1) is 12.1 Å². The van der Waals surface area contributed by atoms with E-state index in [0.29, 0.717) is 30.4 Å². The van der Waals surface area contributed by atoms with E-state index in [9.17, 15) is 4.79 Å². The van der Waals surface area contributed by atoms with Gasteiger partial charge in [0.1, 0.15) is 12.4 Å². The minimum Gasteiger partial charge on any atom is -0.491 e. The number of likely N-dealkylation sites (N-methyl/N-ethyl adjacent to an activating group) is 1. The van der Waals surface area contributed by atoms with Crippen LogP contribution < -0.4 is 10.1 Å². The van der Waals surface area contributed by atoms with Crippen LogP contribution in [-0.2, 0) is 20.7 Å². The maximum absolute atomic E-state index is 11.6. The van der Waals surface area contributed by atoms with Crippen LogP contribution in [0.5, 0.6) is 5.75 Å². The molecule has 0 aliphatic carbocycles. The van der Waals surface area contributed by atoms with Gasteiger partial charge in [0.15, 0.2) is 6.10 Å². The Labute approximate surface area is 130 Å². The highest BCUT2D eigenvalue weighted by atomic mass is 35.5. The molecule has 1 rings (SSSR count).